The van der Waals surface area contributed by atoms with E-state index in [0.717, 1.165) is 0 Å². The second kappa shape index (κ2) is 20.9. The molecule has 21 heteroatoms. The van der Waals surface area contributed by atoms with Gasteiger partial charge in [-0.15, -0.1) is 11.3 Å². The summed E-state index contributed by atoms with van der Waals surface area (Å²) in [4.78, 5) is 84.1. The van der Waals surface area contributed by atoms with Gasteiger partial charge in [-0.3, -0.25) is 29.2 Å². The number of rotatable bonds is 9. The van der Waals surface area contributed by atoms with Gasteiger partial charge in [0.15, 0.2) is 0 Å². The van der Waals surface area contributed by atoms with Crippen LogP contribution in [0.5, 0.6) is 0 Å². The molecule has 17 nitrogen and oxygen atoms in total. The summed E-state index contributed by atoms with van der Waals surface area (Å²) in [5.74, 6) is -2.33. The summed E-state index contributed by atoms with van der Waals surface area (Å²) in [6.45, 7) is 13.2. The summed E-state index contributed by atoms with van der Waals surface area (Å²) in [6, 6.07) is 5.06. The van der Waals surface area contributed by atoms with E-state index in [9.17, 15) is 37.1 Å². The minimum Gasteiger partial charge on any atom is -0.464 e. The Morgan fingerprint density at radius 2 is 1.88 bits per heavy atom. The Bertz CT molecular complexity index is 2720. The monoisotopic (exact) mass is 1020 g/mol. The molecular formula is C51H64F3N9O8S. The second-order valence-corrected chi connectivity index (χ2v) is 21.4. The Balaban J connectivity index is 1.15. The average Bonchev–Trinajstić information content (AvgIpc) is 4.07. The topological polar surface area (TPSA) is 181 Å². The van der Waals surface area contributed by atoms with Gasteiger partial charge in [0.05, 0.1) is 54.5 Å². The number of carbonyl (C=O) groups excluding carboxylic acids is 5. The summed E-state index contributed by atoms with van der Waals surface area (Å²) >= 11 is 1.26. The maximum atomic E-state index is 14.7. The minimum atomic E-state index is -4.60. The molecule has 1 aromatic carbocycles. The predicted molar refractivity (Wildman–Crippen MR) is 263 cm³/mol. The van der Waals surface area contributed by atoms with Crippen LogP contribution in [0, 0.1) is 11.3 Å². The van der Waals surface area contributed by atoms with Crippen molar-refractivity contribution >= 4 is 52.0 Å². The molecule has 5 amide bonds. The summed E-state index contributed by atoms with van der Waals surface area (Å²) < 4.78 is 63.2. The molecule has 6 bridgehead atoms. The number of benzene rings is 1. The van der Waals surface area contributed by atoms with Gasteiger partial charge in [0.25, 0.3) is 5.91 Å². The first-order valence-electron chi connectivity index (χ1n) is 24.4. The van der Waals surface area contributed by atoms with Gasteiger partial charge in [0.1, 0.15) is 30.3 Å². The number of morpholine rings is 1. The zero-order valence-electron chi connectivity index (χ0n) is 41.8. The number of aromatic nitrogens is 3. The zero-order valence-corrected chi connectivity index (χ0v) is 42.7. The summed E-state index contributed by atoms with van der Waals surface area (Å²) in [7, 11) is 3.06. The van der Waals surface area contributed by atoms with Crippen molar-refractivity contribution in [2.24, 2.45) is 11.3 Å². The van der Waals surface area contributed by atoms with Crippen LogP contribution < -0.4 is 10.7 Å². The van der Waals surface area contributed by atoms with Crippen LogP contribution in [0.3, 0.4) is 0 Å². The van der Waals surface area contributed by atoms with Gasteiger partial charge in [-0.1, -0.05) is 40.3 Å². The number of likely N-dealkylation sites (tertiary alicyclic amines) is 1. The van der Waals surface area contributed by atoms with E-state index in [4.69, 9.17) is 19.2 Å². The van der Waals surface area contributed by atoms with Crippen molar-refractivity contribution in [3.63, 3.8) is 0 Å². The normalized spacial score (nSPS) is 22.7. The number of likely N-dealkylation sites (N-methyl/N-ethyl adjacent to an activating group) is 1. The highest BCUT2D eigenvalue weighted by Gasteiger charge is 2.47. The summed E-state index contributed by atoms with van der Waals surface area (Å²) in [5.41, 5.74) is 4.80. The van der Waals surface area contributed by atoms with Crippen LogP contribution in [0.1, 0.15) is 76.3 Å². The number of hydrogen-bond donors (Lipinski definition) is 2. The fourth-order valence-electron chi connectivity index (χ4n) is 10.5. The Morgan fingerprint density at radius 1 is 1.11 bits per heavy atom. The highest BCUT2D eigenvalue weighted by molar-refractivity contribution is 7.10. The minimum absolute atomic E-state index is 0.0633. The fraction of sp³-hybridized carbons (Fsp3) is 0.549. The highest BCUT2D eigenvalue weighted by Crippen LogP contribution is 2.43. The molecule has 3 aromatic heterocycles. The molecule has 2 N–H and O–H groups in total. The van der Waals surface area contributed by atoms with E-state index in [0.29, 0.717) is 95.2 Å². The lowest BCUT2D eigenvalue weighted by Gasteiger charge is -2.40. The van der Waals surface area contributed by atoms with Gasteiger partial charge in [-0.05, 0) is 74.4 Å². The van der Waals surface area contributed by atoms with Crippen molar-refractivity contribution in [2.75, 3.05) is 60.1 Å². The second-order valence-electron chi connectivity index (χ2n) is 20.5. The third-order valence-electron chi connectivity index (χ3n) is 14.1. The molecule has 3 fully saturated rings. The number of fused-ring (bicyclic) bond motifs is 6. The van der Waals surface area contributed by atoms with E-state index < -0.39 is 77.7 Å². The van der Waals surface area contributed by atoms with E-state index in [1.54, 1.807) is 59.6 Å². The number of methoxy groups -OCH3 is 1. The van der Waals surface area contributed by atoms with Crippen LogP contribution in [0.4, 0.5) is 18.0 Å². The van der Waals surface area contributed by atoms with Gasteiger partial charge in [-0.25, -0.2) is 15.2 Å². The van der Waals surface area contributed by atoms with Crippen LogP contribution in [0.25, 0.3) is 33.4 Å². The highest BCUT2D eigenvalue weighted by atomic mass is 32.1. The van der Waals surface area contributed by atoms with Crippen molar-refractivity contribution in [1.29, 1.82) is 0 Å². The third kappa shape index (κ3) is 11.0. The van der Waals surface area contributed by atoms with Gasteiger partial charge in [0.2, 0.25) is 11.8 Å². The molecule has 0 radical (unpaired) electrons. The molecule has 0 saturated carbocycles. The van der Waals surface area contributed by atoms with Crippen molar-refractivity contribution in [3.8, 4) is 22.5 Å². The number of halogens is 3. The van der Waals surface area contributed by atoms with Crippen LogP contribution in [0.2, 0.25) is 0 Å². The number of ether oxygens (including phenoxy) is 3. The third-order valence-corrected chi connectivity index (χ3v) is 15.0. The molecule has 3 saturated heterocycles. The molecule has 1 unspecified atom stereocenters. The molecule has 4 aromatic rings. The van der Waals surface area contributed by atoms with Crippen LogP contribution in [-0.4, -0.2) is 154 Å². The number of urea groups is 1. The number of hydrazine groups is 1. The zero-order chi connectivity index (χ0) is 51.9. The molecule has 388 valence electrons. The quantitative estimate of drug-likeness (QED) is 0.142. The smallest absolute Gasteiger partial charge is 0.406 e. The van der Waals surface area contributed by atoms with Crippen molar-refractivity contribution < 1.29 is 51.4 Å². The van der Waals surface area contributed by atoms with Crippen molar-refractivity contribution in [2.45, 2.75) is 109 Å². The van der Waals surface area contributed by atoms with E-state index in [-0.39, 0.29) is 38.4 Å². The fourth-order valence-corrected chi connectivity index (χ4v) is 11.4. The molecule has 5 atom stereocenters. The van der Waals surface area contributed by atoms with Gasteiger partial charge in [0, 0.05) is 79.2 Å². The SMILES string of the molecule is C=CC(=O)N1CCO[C@]2(CCN(C(=O)N(C)C(C(=O)N[C@H]3Cc4nc(cs4)-c4ccc5c(c4)c(c(-c4cccnc4[C@H](C)OC)n5CC(F)(F)F)CC(C)(C)COC(=O)[C@@H]4CCCN(N4)C3=O)C(C)C)C2)C1. The van der Waals surface area contributed by atoms with Crippen molar-refractivity contribution in [1.82, 2.24) is 45.0 Å². The predicted octanol–water partition coefficient (Wildman–Crippen LogP) is 6.31. The van der Waals surface area contributed by atoms with Crippen LogP contribution in [0.15, 0.2) is 54.6 Å². The molecule has 72 heavy (non-hydrogen) atoms. The maximum Gasteiger partial charge on any atom is 0.406 e. The molecule has 4 aliphatic rings. The molecule has 7 heterocycles. The van der Waals surface area contributed by atoms with Crippen LogP contribution >= 0.6 is 11.3 Å². The van der Waals surface area contributed by atoms with Crippen LogP contribution in [-0.2, 0) is 52.8 Å². The lowest BCUT2D eigenvalue weighted by Crippen LogP contribution is -2.62. The standard InChI is InChI=1S/C51H64F3N9O8S/c1-9-41(64)60-20-21-71-50(26-60)16-19-61(27-50)48(68)59(7)43(30(2)3)45(65)57-37-23-40-56-38(25-72-40)32-14-15-39-34(22-32)35(24-49(5,6)29-70-47(67)36-13-11-18-63(58-36)46(37)66)44(62(39)28-51(52,53)54)33-12-10-17-55-42(33)31(4)69-8/h9-10,12,14-15,17,22,25,30-31,36-37,43,58H,1,11,13,16,18-21,23-24,26-29H2,2-8H3,(H,57,65)/t31-,36-,37-,43?,50+/m0/s1. The molecule has 4 aliphatic heterocycles. The molecule has 8 rings (SSSR count). The Labute approximate surface area is 421 Å². The summed E-state index contributed by atoms with van der Waals surface area (Å²) in [5, 5.41) is 7.13. The lowest BCUT2D eigenvalue weighted by molar-refractivity contribution is -0.155. The average molecular weight is 1020 g/mol. The number of esters is 1. The molecule has 0 aliphatic carbocycles. The first-order chi connectivity index (χ1) is 34.1. The summed E-state index contributed by atoms with van der Waals surface area (Å²) in [6.07, 6.45) is -0.904. The number of nitrogens with zero attached hydrogens (tertiary/aromatic N) is 7. The number of amides is 5. The van der Waals surface area contributed by atoms with E-state index >= 15 is 0 Å². The molecule has 1 spiro atoms. The number of nitrogens with one attached hydrogen (secondary N) is 2. The number of thiazole rings is 1. The van der Waals surface area contributed by atoms with E-state index in [1.807, 2.05) is 33.8 Å². The Kier molecular flexibility index (Phi) is 15.2. The number of alkyl halides is 3. The van der Waals surface area contributed by atoms with Gasteiger partial charge < -0.3 is 38.8 Å². The Morgan fingerprint density at radius 3 is 2.60 bits per heavy atom. The number of carbonyl (C=O) groups is 5. The first-order valence-corrected chi connectivity index (χ1v) is 25.3. The largest absolute Gasteiger partial charge is 0.464 e. The number of hydrogen-bond acceptors (Lipinski definition) is 12. The first kappa shape index (κ1) is 52.4. The van der Waals surface area contributed by atoms with Crippen molar-refractivity contribution in [3.05, 3.63) is 70.8 Å². The lowest BCUT2D eigenvalue weighted by atomic mass is 9.84. The van der Waals surface area contributed by atoms with E-state index in [2.05, 4.69) is 22.3 Å². The number of pyridine rings is 1. The van der Waals surface area contributed by atoms with Gasteiger partial charge >= 0.3 is 18.2 Å². The molecular weight excluding hydrogens is 956 g/mol. The Hall–Kier alpha value is -5.90. The van der Waals surface area contributed by atoms with E-state index in [1.165, 1.54) is 39.0 Å². The maximum absolute atomic E-state index is 14.7. The van der Waals surface area contributed by atoms with Gasteiger partial charge in [-0.2, -0.15) is 13.2 Å². The number of cyclic esters (lactones) is 1.